The molecule has 0 aromatic heterocycles. The summed E-state index contributed by atoms with van der Waals surface area (Å²) in [5.41, 5.74) is 3.29. The maximum atomic E-state index is 11.7. The molecule has 0 aliphatic carbocycles. The maximum Gasteiger partial charge on any atom is 0.224 e. The standard InChI is InChI=1S/C22H26BrN3O2/c23-19-8-9-20(18-7-10-21(27)24-22(18)19)28-16-4-11-25-12-14-26(15-13-25)17-5-2-1-3-6-17/h1-3,5-6,8-9H,4,7,10-16H2,(H,24,27). The molecule has 28 heavy (non-hydrogen) atoms. The second-order valence-corrected chi connectivity index (χ2v) is 8.17. The first-order valence-corrected chi connectivity index (χ1v) is 10.8. The third-order valence-electron chi connectivity index (χ3n) is 5.46. The summed E-state index contributed by atoms with van der Waals surface area (Å²) >= 11 is 3.52. The number of fused-ring (bicyclic) bond motifs is 1. The van der Waals surface area contributed by atoms with Crippen molar-refractivity contribution in [1.82, 2.24) is 4.90 Å². The molecule has 0 saturated carbocycles. The second kappa shape index (κ2) is 8.97. The number of amides is 1. The van der Waals surface area contributed by atoms with Crippen molar-refractivity contribution in [1.29, 1.82) is 0 Å². The molecule has 2 aliphatic heterocycles. The minimum atomic E-state index is 0.0694. The molecule has 5 nitrogen and oxygen atoms in total. The number of carbonyl (C=O) groups excluding carboxylic acids is 1. The fourth-order valence-corrected chi connectivity index (χ4v) is 4.37. The molecular formula is C22H26BrN3O2. The highest BCUT2D eigenvalue weighted by molar-refractivity contribution is 9.10. The van der Waals surface area contributed by atoms with Gasteiger partial charge in [-0.15, -0.1) is 0 Å². The van der Waals surface area contributed by atoms with Crippen LogP contribution in [0.25, 0.3) is 0 Å². The summed E-state index contributed by atoms with van der Waals surface area (Å²) in [6.45, 7) is 6.08. The Morgan fingerprint density at radius 3 is 2.57 bits per heavy atom. The van der Waals surface area contributed by atoms with E-state index in [4.69, 9.17) is 4.74 Å². The lowest BCUT2D eigenvalue weighted by atomic mass is 10.0. The van der Waals surface area contributed by atoms with Crippen LogP contribution in [0.3, 0.4) is 0 Å². The van der Waals surface area contributed by atoms with E-state index in [2.05, 4.69) is 61.4 Å². The normalized spacial score (nSPS) is 17.2. The van der Waals surface area contributed by atoms with E-state index in [0.717, 1.165) is 67.0 Å². The van der Waals surface area contributed by atoms with Crippen LogP contribution in [0.4, 0.5) is 11.4 Å². The first-order chi connectivity index (χ1) is 13.7. The van der Waals surface area contributed by atoms with Crippen LogP contribution >= 0.6 is 15.9 Å². The van der Waals surface area contributed by atoms with Gasteiger partial charge in [0, 0.05) is 54.9 Å². The predicted molar refractivity (Wildman–Crippen MR) is 116 cm³/mol. The van der Waals surface area contributed by atoms with Crippen molar-refractivity contribution in [2.24, 2.45) is 0 Å². The molecule has 2 aromatic rings. The van der Waals surface area contributed by atoms with Crippen LogP contribution in [0, 0.1) is 0 Å². The largest absolute Gasteiger partial charge is 0.493 e. The van der Waals surface area contributed by atoms with E-state index in [1.54, 1.807) is 0 Å². The van der Waals surface area contributed by atoms with Crippen molar-refractivity contribution >= 4 is 33.2 Å². The zero-order chi connectivity index (χ0) is 19.3. The van der Waals surface area contributed by atoms with Crippen molar-refractivity contribution in [3.63, 3.8) is 0 Å². The number of nitrogens with zero attached hydrogens (tertiary/aromatic N) is 2. The zero-order valence-corrected chi connectivity index (χ0v) is 17.6. The van der Waals surface area contributed by atoms with Crippen molar-refractivity contribution < 1.29 is 9.53 Å². The van der Waals surface area contributed by atoms with Crippen LogP contribution in [0.2, 0.25) is 0 Å². The molecule has 1 saturated heterocycles. The summed E-state index contributed by atoms with van der Waals surface area (Å²) < 4.78 is 6.98. The molecule has 148 valence electrons. The quantitative estimate of drug-likeness (QED) is 0.686. The van der Waals surface area contributed by atoms with Gasteiger partial charge in [-0.3, -0.25) is 9.69 Å². The number of halogens is 1. The Labute approximate surface area is 174 Å². The molecular weight excluding hydrogens is 418 g/mol. The summed E-state index contributed by atoms with van der Waals surface area (Å²) in [6, 6.07) is 14.6. The van der Waals surface area contributed by atoms with Gasteiger partial charge >= 0.3 is 0 Å². The molecule has 1 amide bonds. The molecule has 0 atom stereocenters. The number of ether oxygens (including phenoxy) is 1. The van der Waals surface area contributed by atoms with E-state index < -0.39 is 0 Å². The molecule has 2 aliphatic rings. The predicted octanol–water partition coefficient (Wildman–Crippen LogP) is 3.92. The highest BCUT2D eigenvalue weighted by atomic mass is 79.9. The number of para-hydroxylation sites is 1. The summed E-state index contributed by atoms with van der Waals surface area (Å²) in [4.78, 5) is 16.6. The van der Waals surface area contributed by atoms with Crippen molar-refractivity contribution in [2.75, 3.05) is 49.5 Å². The highest BCUT2D eigenvalue weighted by Gasteiger charge is 2.21. The summed E-state index contributed by atoms with van der Waals surface area (Å²) in [5, 5.41) is 2.95. The van der Waals surface area contributed by atoms with E-state index in [1.807, 2.05) is 12.1 Å². The van der Waals surface area contributed by atoms with Gasteiger partial charge in [0.2, 0.25) is 5.91 Å². The third-order valence-corrected chi connectivity index (χ3v) is 6.12. The summed E-state index contributed by atoms with van der Waals surface area (Å²) in [7, 11) is 0. The molecule has 1 fully saturated rings. The highest BCUT2D eigenvalue weighted by Crippen LogP contribution is 2.37. The van der Waals surface area contributed by atoms with Crippen LogP contribution in [0.1, 0.15) is 18.4 Å². The molecule has 0 radical (unpaired) electrons. The average Bonchev–Trinajstić information content (AvgIpc) is 2.74. The Bertz CT molecular complexity index is 820. The van der Waals surface area contributed by atoms with Crippen molar-refractivity contribution in [3.8, 4) is 5.75 Å². The lowest BCUT2D eigenvalue weighted by Crippen LogP contribution is -2.46. The van der Waals surface area contributed by atoms with Gasteiger partial charge < -0.3 is 15.0 Å². The van der Waals surface area contributed by atoms with Gasteiger partial charge in [-0.05, 0) is 53.0 Å². The van der Waals surface area contributed by atoms with Crippen LogP contribution < -0.4 is 15.0 Å². The summed E-state index contributed by atoms with van der Waals surface area (Å²) in [6.07, 6.45) is 2.26. The van der Waals surface area contributed by atoms with Gasteiger partial charge in [0.25, 0.3) is 0 Å². The number of piperazine rings is 1. The molecule has 1 N–H and O–H groups in total. The topological polar surface area (TPSA) is 44.8 Å². The monoisotopic (exact) mass is 443 g/mol. The lowest BCUT2D eigenvalue weighted by Gasteiger charge is -2.36. The van der Waals surface area contributed by atoms with Crippen LogP contribution in [0.15, 0.2) is 46.9 Å². The number of anilines is 2. The smallest absolute Gasteiger partial charge is 0.224 e. The van der Waals surface area contributed by atoms with Gasteiger partial charge in [-0.2, -0.15) is 0 Å². The Morgan fingerprint density at radius 1 is 1.00 bits per heavy atom. The first-order valence-electron chi connectivity index (χ1n) is 9.97. The number of benzene rings is 2. The number of nitrogens with one attached hydrogen (secondary N) is 1. The molecule has 2 aromatic carbocycles. The van der Waals surface area contributed by atoms with Crippen molar-refractivity contribution in [2.45, 2.75) is 19.3 Å². The van der Waals surface area contributed by atoms with E-state index in [1.165, 1.54) is 5.69 Å². The lowest BCUT2D eigenvalue weighted by molar-refractivity contribution is -0.116. The second-order valence-electron chi connectivity index (χ2n) is 7.31. The Hall–Kier alpha value is -2.05. The Kier molecular flexibility index (Phi) is 6.17. The number of carbonyl (C=O) groups is 1. The van der Waals surface area contributed by atoms with Gasteiger partial charge in [0.05, 0.1) is 12.3 Å². The molecule has 0 spiro atoms. The average molecular weight is 444 g/mol. The van der Waals surface area contributed by atoms with E-state index in [0.29, 0.717) is 13.0 Å². The molecule has 2 heterocycles. The van der Waals surface area contributed by atoms with E-state index in [9.17, 15) is 4.79 Å². The van der Waals surface area contributed by atoms with Gasteiger partial charge in [0.1, 0.15) is 5.75 Å². The first kappa shape index (κ1) is 19.3. The van der Waals surface area contributed by atoms with Crippen LogP contribution in [0.5, 0.6) is 5.75 Å². The Morgan fingerprint density at radius 2 is 1.79 bits per heavy atom. The minimum absolute atomic E-state index is 0.0694. The number of hydrogen-bond acceptors (Lipinski definition) is 4. The Balaban J connectivity index is 1.23. The number of rotatable bonds is 6. The zero-order valence-electron chi connectivity index (χ0n) is 16.0. The fraction of sp³-hybridized carbons (Fsp3) is 0.409. The minimum Gasteiger partial charge on any atom is -0.493 e. The summed E-state index contributed by atoms with van der Waals surface area (Å²) in [5.74, 6) is 0.965. The van der Waals surface area contributed by atoms with Gasteiger partial charge in [-0.25, -0.2) is 0 Å². The maximum absolute atomic E-state index is 11.7. The van der Waals surface area contributed by atoms with Crippen LogP contribution in [-0.2, 0) is 11.2 Å². The third kappa shape index (κ3) is 4.50. The van der Waals surface area contributed by atoms with Crippen molar-refractivity contribution in [3.05, 3.63) is 52.5 Å². The fourth-order valence-electron chi connectivity index (χ4n) is 3.90. The van der Waals surface area contributed by atoms with Gasteiger partial charge in [-0.1, -0.05) is 18.2 Å². The van der Waals surface area contributed by atoms with Gasteiger partial charge in [0.15, 0.2) is 0 Å². The SMILES string of the molecule is O=C1CCc2c(OCCCN3CCN(c4ccccc4)CC3)ccc(Br)c2N1. The molecule has 6 heteroatoms. The molecule has 0 unspecified atom stereocenters. The number of hydrogen-bond donors (Lipinski definition) is 1. The molecule has 4 rings (SSSR count). The van der Waals surface area contributed by atoms with E-state index >= 15 is 0 Å². The van der Waals surface area contributed by atoms with E-state index in [-0.39, 0.29) is 5.91 Å². The molecule has 0 bridgehead atoms. The van der Waals surface area contributed by atoms with Crippen LogP contribution in [-0.4, -0.2) is 50.1 Å².